The van der Waals surface area contributed by atoms with Crippen LogP contribution >= 0.6 is 0 Å². The van der Waals surface area contributed by atoms with Gasteiger partial charge in [0.25, 0.3) is 0 Å². The third-order valence-corrected chi connectivity index (χ3v) is 8.26. The normalized spacial score (nSPS) is 42.3. The van der Waals surface area contributed by atoms with Crippen LogP contribution in [0.25, 0.3) is 0 Å². The molecule has 1 saturated heterocycles. The van der Waals surface area contributed by atoms with Crippen molar-refractivity contribution in [3.8, 4) is 17.2 Å². The molecule has 5 nitrogen and oxygen atoms in total. The Morgan fingerprint density at radius 3 is 2.85 bits per heavy atom. The minimum atomic E-state index is -0.472. The molecule has 2 aliphatic heterocycles. The van der Waals surface area contributed by atoms with Crippen LogP contribution in [0.2, 0.25) is 0 Å². The first-order chi connectivity index (χ1) is 12.4. The number of ketones is 1. The molecule has 2 bridgehead atoms. The number of carbonyl (C=O) groups excluding carboxylic acids is 1. The van der Waals surface area contributed by atoms with E-state index in [1.807, 2.05) is 0 Å². The van der Waals surface area contributed by atoms with Gasteiger partial charge in [0.05, 0.1) is 31.6 Å². The van der Waals surface area contributed by atoms with E-state index in [2.05, 4.69) is 7.05 Å². The number of hydrogen-bond donors (Lipinski definition) is 2. The number of piperidine rings is 1. The molecule has 0 amide bonds. The van der Waals surface area contributed by atoms with E-state index in [-0.39, 0.29) is 22.7 Å². The molecule has 2 saturated carbocycles. The van der Waals surface area contributed by atoms with Crippen LogP contribution in [-0.2, 0) is 16.6 Å². The minimum absolute atomic E-state index is 0.0177. The van der Waals surface area contributed by atoms with Gasteiger partial charge in [-0.3, -0.25) is 4.79 Å². The third-order valence-electron chi connectivity index (χ3n) is 8.26. The summed E-state index contributed by atoms with van der Waals surface area (Å²) in [6.45, 7) is 2.28. The second kappa shape index (κ2) is 4.56. The van der Waals surface area contributed by atoms with E-state index in [0.29, 0.717) is 24.1 Å². The smallest absolute Gasteiger partial charge is 0.174 e. The monoisotopic (exact) mass is 356 g/mol. The Kier molecular flexibility index (Phi) is 2.69. The molecule has 1 spiro atoms. The van der Waals surface area contributed by atoms with E-state index in [1.54, 1.807) is 0 Å². The summed E-state index contributed by atoms with van der Waals surface area (Å²) < 4.78 is 7.18. The van der Waals surface area contributed by atoms with Gasteiger partial charge in [-0.15, -0.1) is 0 Å². The molecule has 2 heterocycles. The maximum absolute atomic E-state index is 12.8. The van der Waals surface area contributed by atoms with Crippen LogP contribution in [0, 0.1) is 11.8 Å². The molecular weight excluding hydrogens is 330 g/mol. The van der Waals surface area contributed by atoms with Crippen molar-refractivity contribution in [1.29, 1.82) is 0 Å². The lowest BCUT2D eigenvalue weighted by molar-refractivity contribution is -0.946. The van der Waals surface area contributed by atoms with Gasteiger partial charge in [-0.1, -0.05) is 0 Å². The first-order valence-electron chi connectivity index (χ1n) is 10.1. The van der Waals surface area contributed by atoms with E-state index in [1.165, 1.54) is 25.5 Å². The number of rotatable bonds is 2. The quantitative estimate of drug-likeness (QED) is 0.798. The molecule has 5 heteroatoms. The van der Waals surface area contributed by atoms with Crippen molar-refractivity contribution in [2.45, 2.75) is 56.1 Å². The Morgan fingerprint density at radius 2 is 2.08 bits per heavy atom. The summed E-state index contributed by atoms with van der Waals surface area (Å²) in [4.78, 5) is 12.8. The molecular formula is C21H26NO4+. The van der Waals surface area contributed by atoms with Crippen LogP contribution < -0.4 is 4.74 Å². The Labute approximate surface area is 153 Å². The van der Waals surface area contributed by atoms with E-state index < -0.39 is 6.10 Å². The van der Waals surface area contributed by atoms with Gasteiger partial charge in [0.2, 0.25) is 0 Å². The number of Topliss-reactive ketones (excluding diaryl/α,β-unsaturated/α-hetero) is 1. The highest BCUT2D eigenvalue weighted by atomic mass is 16.5. The summed E-state index contributed by atoms with van der Waals surface area (Å²) in [5, 5.41) is 21.0. The summed E-state index contributed by atoms with van der Waals surface area (Å²) in [7, 11) is 2.39. The average Bonchev–Trinajstić information content (AvgIpc) is 3.33. The predicted octanol–water partition coefficient (Wildman–Crippen LogP) is 2.26. The summed E-state index contributed by atoms with van der Waals surface area (Å²) >= 11 is 0. The van der Waals surface area contributed by atoms with Gasteiger partial charge < -0.3 is 19.4 Å². The van der Waals surface area contributed by atoms with Crippen molar-refractivity contribution in [2.24, 2.45) is 11.8 Å². The number of hydrogen-bond acceptors (Lipinski definition) is 4. The number of phenols is 2. The van der Waals surface area contributed by atoms with Crippen LogP contribution in [0.5, 0.6) is 17.2 Å². The second-order valence-electron chi connectivity index (χ2n) is 9.60. The van der Waals surface area contributed by atoms with Gasteiger partial charge in [0, 0.05) is 48.3 Å². The third kappa shape index (κ3) is 1.64. The van der Waals surface area contributed by atoms with Crippen molar-refractivity contribution in [3.05, 3.63) is 17.2 Å². The van der Waals surface area contributed by atoms with Crippen LogP contribution in [0.3, 0.4) is 0 Å². The molecule has 0 radical (unpaired) electrons. The number of benzene rings is 1. The first-order valence-corrected chi connectivity index (χ1v) is 10.1. The van der Waals surface area contributed by atoms with Crippen LogP contribution in [0.15, 0.2) is 6.07 Å². The zero-order valence-electron chi connectivity index (χ0n) is 15.2. The van der Waals surface area contributed by atoms with Gasteiger partial charge in [0.15, 0.2) is 23.4 Å². The molecule has 138 valence electrons. The van der Waals surface area contributed by atoms with Gasteiger partial charge in [0.1, 0.15) is 5.75 Å². The average molecular weight is 356 g/mol. The highest BCUT2D eigenvalue weighted by molar-refractivity contribution is 5.89. The highest BCUT2D eigenvalue weighted by Crippen LogP contribution is 2.65. The van der Waals surface area contributed by atoms with Gasteiger partial charge in [-0.2, -0.15) is 0 Å². The SMILES string of the molecule is C[N+]1(CC2CC2)CC[C@]23c4c5c(O)cc(O)c4O[C@H]2C(=O)CC[C@H]3[C@H]1C5. The van der Waals surface area contributed by atoms with E-state index in [9.17, 15) is 15.0 Å². The number of carbonyl (C=O) groups is 1. The summed E-state index contributed by atoms with van der Waals surface area (Å²) in [6.07, 6.45) is 5.45. The zero-order chi connectivity index (χ0) is 17.8. The van der Waals surface area contributed by atoms with Crippen molar-refractivity contribution < 1.29 is 24.2 Å². The van der Waals surface area contributed by atoms with Gasteiger partial charge in [-0.25, -0.2) is 0 Å². The molecule has 1 unspecified atom stereocenters. The fraction of sp³-hybridized carbons (Fsp3) is 0.667. The molecule has 3 aliphatic carbocycles. The molecule has 6 rings (SSSR count). The van der Waals surface area contributed by atoms with Crippen molar-refractivity contribution in [2.75, 3.05) is 20.1 Å². The fourth-order valence-electron chi connectivity index (χ4n) is 6.97. The molecule has 26 heavy (non-hydrogen) atoms. The maximum Gasteiger partial charge on any atom is 0.174 e. The molecule has 2 N–H and O–H groups in total. The molecule has 1 aromatic carbocycles. The lowest BCUT2D eigenvalue weighted by atomic mass is 9.51. The minimum Gasteiger partial charge on any atom is -0.508 e. The number of ether oxygens (including phenoxy) is 1. The van der Waals surface area contributed by atoms with Crippen molar-refractivity contribution in [1.82, 2.24) is 0 Å². The van der Waals surface area contributed by atoms with Crippen molar-refractivity contribution in [3.63, 3.8) is 0 Å². The summed E-state index contributed by atoms with van der Waals surface area (Å²) in [6, 6.07) is 1.84. The predicted molar refractivity (Wildman–Crippen MR) is 94.3 cm³/mol. The molecule has 5 atom stereocenters. The Bertz CT molecular complexity index is 847. The lowest BCUT2D eigenvalue weighted by Gasteiger charge is -2.60. The largest absolute Gasteiger partial charge is 0.508 e. The molecule has 1 aromatic rings. The number of nitrogens with zero attached hydrogens (tertiary/aromatic N) is 1. The Hall–Kier alpha value is -1.75. The second-order valence-corrected chi connectivity index (χ2v) is 9.60. The summed E-state index contributed by atoms with van der Waals surface area (Å²) in [5.41, 5.74) is 1.56. The highest BCUT2D eigenvalue weighted by Gasteiger charge is 2.69. The van der Waals surface area contributed by atoms with E-state index in [0.717, 1.165) is 47.3 Å². The summed E-state index contributed by atoms with van der Waals surface area (Å²) in [5.74, 6) is 2.04. The maximum atomic E-state index is 12.8. The van der Waals surface area contributed by atoms with Crippen molar-refractivity contribution >= 4 is 5.78 Å². The number of quaternary nitrogens is 1. The number of phenolic OH excluding ortho intramolecular Hbond substituents is 2. The molecule has 5 aliphatic rings. The van der Waals surface area contributed by atoms with Crippen LogP contribution in [0.1, 0.15) is 43.2 Å². The fourth-order valence-corrected chi connectivity index (χ4v) is 6.97. The van der Waals surface area contributed by atoms with Crippen LogP contribution in [-0.4, -0.2) is 52.8 Å². The Morgan fingerprint density at radius 1 is 1.27 bits per heavy atom. The Balaban J connectivity index is 1.58. The molecule has 0 aromatic heterocycles. The van der Waals surface area contributed by atoms with Gasteiger partial charge in [-0.05, 0) is 19.3 Å². The lowest BCUT2D eigenvalue weighted by Crippen LogP contribution is -2.72. The first kappa shape index (κ1) is 15.3. The number of likely N-dealkylation sites (N-methyl/N-ethyl adjacent to an activating group) is 1. The van der Waals surface area contributed by atoms with E-state index >= 15 is 0 Å². The van der Waals surface area contributed by atoms with E-state index in [4.69, 9.17) is 4.74 Å². The van der Waals surface area contributed by atoms with Crippen LogP contribution in [0.4, 0.5) is 0 Å². The van der Waals surface area contributed by atoms with Gasteiger partial charge >= 0.3 is 0 Å². The number of likely N-dealkylation sites (tertiary alicyclic amines) is 1. The zero-order valence-corrected chi connectivity index (χ0v) is 15.2. The standard InChI is InChI=1S/C21H25NO4/c1-22(10-11-2-3-11)7-6-21-13-4-5-15(23)20(21)26-19-17(25)9-16(24)12(18(19)21)8-14(13)22/h9,11,13-14,20H,2-8,10H2,1H3,(H-,24,25)/p+1/t13-,14+,20-,21-,22?/m0/s1. The topological polar surface area (TPSA) is 66.8 Å². The number of aromatic hydroxyl groups is 2. The molecule has 3 fully saturated rings.